The molecule has 0 aliphatic heterocycles. The molecular formula is C39H94N14. The number of hydrogen-bond donors (Lipinski definition) is 8. The van der Waals surface area contributed by atoms with Crippen LogP contribution in [0.5, 0.6) is 0 Å². The van der Waals surface area contributed by atoms with Crippen molar-refractivity contribution >= 4 is 0 Å². The Morgan fingerprint density at radius 1 is 0.151 bits per heavy atom. The molecular weight excluding hydrogens is 665 g/mol. The SMILES string of the molecule is NCCCN(CCCN)CCCN(CCCN(CCCN)CCCN)CCCN(CCCN(CCCN)CCCN)CCCN(CCCN)CCCN. The molecule has 53 heavy (non-hydrogen) atoms. The van der Waals surface area contributed by atoms with Crippen LogP contribution in [0.15, 0.2) is 0 Å². The molecule has 0 saturated carbocycles. The van der Waals surface area contributed by atoms with Gasteiger partial charge in [-0.05, 0) is 254 Å². The molecule has 0 aliphatic rings. The van der Waals surface area contributed by atoms with Crippen molar-refractivity contribution in [2.45, 2.75) is 83.5 Å². The van der Waals surface area contributed by atoms with E-state index in [2.05, 4.69) is 29.4 Å². The van der Waals surface area contributed by atoms with E-state index in [1.54, 1.807) is 0 Å². The quantitative estimate of drug-likeness (QED) is 0.0394. The molecule has 0 amide bonds. The lowest BCUT2D eigenvalue weighted by Gasteiger charge is -2.30. The highest BCUT2D eigenvalue weighted by atomic mass is 15.2. The van der Waals surface area contributed by atoms with Gasteiger partial charge >= 0.3 is 0 Å². The zero-order valence-corrected chi connectivity index (χ0v) is 34.9. The van der Waals surface area contributed by atoms with E-state index in [9.17, 15) is 0 Å². The molecule has 0 atom stereocenters. The summed E-state index contributed by atoms with van der Waals surface area (Å²) in [4.78, 5) is 15.7. The minimum absolute atomic E-state index is 0.741. The van der Waals surface area contributed by atoms with E-state index in [1.807, 2.05) is 0 Å². The van der Waals surface area contributed by atoms with Gasteiger partial charge in [-0.2, -0.15) is 0 Å². The first kappa shape index (κ1) is 52.4. The minimum Gasteiger partial charge on any atom is -0.330 e. The molecule has 14 heteroatoms. The summed E-state index contributed by atoms with van der Waals surface area (Å²) in [6, 6.07) is 0. The van der Waals surface area contributed by atoms with Gasteiger partial charge < -0.3 is 75.3 Å². The van der Waals surface area contributed by atoms with Gasteiger partial charge in [0, 0.05) is 0 Å². The van der Waals surface area contributed by atoms with Crippen molar-refractivity contribution < 1.29 is 0 Å². The Morgan fingerprint density at radius 2 is 0.245 bits per heavy atom. The van der Waals surface area contributed by atoms with Crippen LogP contribution in [0.2, 0.25) is 0 Å². The van der Waals surface area contributed by atoms with Crippen molar-refractivity contribution in [3.05, 3.63) is 0 Å². The summed E-state index contributed by atoms with van der Waals surface area (Å²) >= 11 is 0. The van der Waals surface area contributed by atoms with E-state index in [1.165, 1.54) is 32.1 Å². The van der Waals surface area contributed by atoms with E-state index in [0.29, 0.717) is 0 Å². The summed E-state index contributed by atoms with van der Waals surface area (Å²) in [6.45, 7) is 25.6. The third kappa shape index (κ3) is 33.3. The van der Waals surface area contributed by atoms with Crippen LogP contribution in [0.25, 0.3) is 0 Å². The molecule has 16 N–H and O–H groups in total. The van der Waals surface area contributed by atoms with Gasteiger partial charge in [-0.15, -0.1) is 0 Å². The maximum Gasteiger partial charge on any atom is -0.000653 e. The fraction of sp³-hybridized carbons (Fsp3) is 1.00. The lowest BCUT2D eigenvalue weighted by atomic mass is 10.2. The average molecular weight is 759 g/mol. The molecule has 0 bridgehead atoms. The monoisotopic (exact) mass is 759 g/mol. The lowest BCUT2D eigenvalue weighted by molar-refractivity contribution is 0.181. The van der Waals surface area contributed by atoms with Crippen LogP contribution in [0.4, 0.5) is 0 Å². The van der Waals surface area contributed by atoms with Gasteiger partial charge in [-0.3, -0.25) is 0 Å². The molecule has 0 radical (unpaired) electrons. The van der Waals surface area contributed by atoms with Crippen molar-refractivity contribution in [1.82, 2.24) is 29.4 Å². The topological polar surface area (TPSA) is 228 Å². The van der Waals surface area contributed by atoms with Crippen molar-refractivity contribution in [3.63, 3.8) is 0 Å². The molecule has 0 aromatic rings. The second kappa shape index (κ2) is 41.1. The van der Waals surface area contributed by atoms with Crippen molar-refractivity contribution in [1.29, 1.82) is 0 Å². The van der Waals surface area contributed by atoms with Crippen molar-refractivity contribution in [3.8, 4) is 0 Å². The van der Waals surface area contributed by atoms with Gasteiger partial charge in [0.25, 0.3) is 0 Å². The summed E-state index contributed by atoms with van der Waals surface area (Å²) in [5.41, 5.74) is 46.9. The van der Waals surface area contributed by atoms with Crippen LogP contribution >= 0.6 is 0 Å². The van der Waals surface area contributed by atoms with Crippen LogP contribution in [-0.2, 0) is 0 Å². The molecule has 14 nitrogen and oxygen atoms in total. The van der Waals surface area contributed by atoms with Crippen LogP contribution in [-0.4, -0.2) is 200 Å². The molecule has 0 aromatic carbocycles. The Balaban J connectivity index is 5.53. The van der Waals surface area contributed by atoms with Crippen molar-refractivity contribution in [2.24, 2.45) is 45.9 Å². The minimum atomic E-state index is 0.741. The highest BCUT2D eigenvalue weighted by Crippen LogP contribution is 2.07. The molecule has 320 valence electrons. The Hall–Kier alpha value is -0.560. The predicted octanol–water partition coefficient (Wildman–Crippen LogP) is -0.461. The third-order valence-electron chi connectivity index (χ3n) is 10.2. The zero-order chi connectivity index (χ0) is 39.0. The number of nitrogens with two attached hydrogens (primary N) is 8. The largest absolute Gasteiger partial charge is 0.330 e. The van der Waals surface area contributed by atoms with Gasteiger partial charge in [0.15, 0.2) is 0 Å². The van der Waals surface area contributed by atoms with E-state index in [-0.39, 0.29) is 0 Å². The fourth-order valence-electron chi connectivity index (χ4n) is 7.12. The zero-order valence-electron chi connectivity index (χ0n) is 34.9. The predicted molar refractivity (Wildman–Crippen MR) is 231 cm³/mol. The maximum absolute atomic E-state index is 5.86. The van der Waals surface area contributed by atoms with Crippen molar-refractivity contribution in [2.75, 3.05) is 170 Å². The Kier molecular flexibility index (Phi) is 40.7. The molecule has 0 saturated heterocycles. The van der Waals surface area contributed by atoms with Crippen LogP contribution < -0.4 is 45.9 Å². The summed E-state index contributed by atoms with van der Waals surface area (Å²) in [7, 11) is 0. The first-order valence-electron chi connectivity index (χ1n) is 22.0. The Morgan fingerprint density at radius 3 is 0.340 bits per heavy atom. The van der Waals surface area contributed by atoms with Crippen LogP contribution in [0.1, 0.15) is 83.5 Å². The standard InChI is InChI=1S/C39H94N14/c40-14-1-22-48(23-2-15-41)30-9-34-52(35-10-31-49(24-3-16-42)25-4-17-43)38-13-39-53(36-11-32-50(26-5-18-44)27-6-19-45)37-12-33-51(28-7-20-46)29-8-21-47/h1-47H2. The molecule has 0 fully saturated rings. The summed E-state index contributed by atoms with van der Waals surface area (Å²) < 4.78 is 0. The second-order valence-corrected chi connectivity index (χ2v) is 15.0. The van der Waals surface area contributed by atoms with E-state index in [0.717, 1.165) is 222 Å². The van der Waals surface area contributed by atoms with Gasteiger partial charge in [0.1, 0.15) is 0 Å². The lowest BCUT2D eigenvalue weighted by Crippen LogP contribution is -2.38. The third-order valence-corrected chi connectivity index (χ3v) is 10.2. The van der Waals surface area contributed by atoms with Gasteiger partial charge in [-0.25, -0.2) is 0 Å². The number of hydrogen-bond acceptors (Lipinski definition) is 14. The first-order valence-corrected chi connectivity index (χ1v) is 22.0. The first-order chi connectivity index (χ1) is 26.0. The highest BCUT2D eigenvalue weighted by molar-refractivity contribution is 4.70. The second-order valence-electron chi connectivity index (χ2n) is 15.0. The molecule has 0 heterocycles. The van der Waals surface area contributed by atoms with E-state index < -0.39 is 0 Å². The van der Waals surface area contributed by atoms with Crippen LogP contribution in [0.3, 0.4) is 0 Å². The average Bonchev–Trinajstić information content (AvgIpc) is 3.17. The number of nitrogens with zero attached hydrogens (tertiary/aromatic N) is 6. The summed E-state index contributed by atoms with van der Waals surface area (Å²) in [6.07, 6.45) is 14.2. The normalized spacial score (nSPS) is 12.3. The van der Waals surface area contributed by atoms with Gasteiger partial charge in [-0.1, -0.05) is 0 Å². The summed E-state index contributed by atoms with van der Waals surface area (Å²) in [5.74, 6) is 0. The summed E-state index contributed by atoms with van der Waals surface area (Å²) in [5, 5.41) is 0. The molecule has 0 spiro atoms. The number of rotatable bonds is 44. The van der Waals surface area contributed by atoms with E-state index in [4.69, 9.17) is 45.9 Å². The fourth-order valence-corrected chi connectivity index (χ4v) is 7.12. The Bertz CT molecular complexity index is 569. The van der Waals surface area contributed by atoms with Crippen LogP contribution in [0, 0.1) is 0 Å². The maximum atomic E-state index is 5.86. The molecule has 0 aromatic heterocycles. The molecule has 0 aliphatic carbocycles. The molecule has 0 rings (SSSR count). The smallest absolute Gasteiger partial charge is 0.000653 e. The van der Waals surface area contributed by atoms with Gasteiger partial charge in [0.2, 0.25) is 0 Å². The Labute approximate surface area is 328 Å². The molecule has 0 unspecified atom stereocenters. The highest BCUT2D eigenvalue weighted by Gasteiger charge is 2.14. The van der Waals surface area contributed by atoms with Gasteiger partial charge in [0.05, 0.1) is 0 Å². The van der Waals surface area contributed by atoms with E-state index >= 15 is 0 Å².